The van der Waals surface area contributed by atoms with Crippen molar-refractivity contribution in [2.45, 2.75) is 71.1 Å². The molecule has 0 aliphatic heterocycles. The molecule has 16 heavy (non-hydrogen) atoms. The van der Waals surface area contributed by atoms with Crippen molar-refractivity contribution in [2.24, 2.45) is 0 Å². The van der Waals surface area contributed by atoms with Crippen molar-refractivity contribution in [1.29, 1.82) is 0 Å². The molecular weight excluding hydrogens is 214 g/mol. The predicted octanol–water partition coefficient (Wildman–Crippen LogP) is 4.43. The number of hydrogen-bond acceptors (Lipinski definition) is 2. The fraction of sp³-hybridized carbons (Fsp3) is 1.00. The van der Waals surface area contributed by atoms with E-state index in [-0.39, 0.29) is 0 Å². The zero-order chi connectivity index (χ0) is 11.9. The molecule has 0 spiro atoms. The van der Waals surface area contributed by atoms with Crippen LogP contribution in [0.4, 0.5) is 0 Å². The molecule has 0 atom stereocenters. The summed E-state index contributed by atoms with van der Waals surface area (Å²) >= 11 is 4.19. The number of unbranched alkanes of at least 4 members (excludes halogenated alkanes) is 8. The van der Waals surface area contributed by atoms with Gasteiger partial charge in [0.1, 0.15) is 0 Å². The van der Waals surface area contributed by atoms with Gasteiger partial charge in [-0.1, -0.05) is 58.3 Å². The van der Waals surface area contributed by atoms with Gasteiger partial charge in [0.15, 0.2) is 0 Å². The summed E-state index contributed by atoms with van der Waals surface area (Å²) in [6.07, 6.45) is 14.0. The highest BCUT2D eigenvalue weighted by atomic mass is 32.1. The second kappa shape index (κ2) is 15.3. The van der Waals surface area contributed by atoms with E-state index in [0.29, 0.717) is 0 Å². The molecule has 0 heterocycles. The zero-order valence-corrected chi connectivity index (χ0v) is 12.0. The van der Waals surface area contributed by atoms with Crippen LogP contribution in [-0.2, 0) is 0 Å². The van der Waals surface area contributed by atoms with Crippen molar-refractivity contribution in [3.05, 3.63) is 0 Å². The van der Waals surface area contributed by atoms with Crippen molar-refractivity contribution >= 4 is 12.6 Å². The minimum absolute atomic E-state index is 1.00. The molecule has 0 aliphatic rings. The van der Waals surface area contributed by atoms with Crippen LogP contribution in [0.15, 0.2) is 0 Å². The summed E-state index contributed by atoms with van der Waals surface area (Å²) in [7, 11) is 0. The normalized spacial score (nSPS) is 10.9. The van der Waals surface area contributed by atoms with Crippen molar-refractivity contribution < 1.29 is 0 Å². The minimum atomic E-state index is 1.00. The van der Waals surface area contributed by atoms with E-state index in [2.05, 4.69) is 24.9 Å². The summed E-state index contributed by atoms with van der Waals surface area (Å²) in [5.74, 6) is 1.00. The predicted molar refractivity (Wildman–Crippen MR) is 78.6 cm³/mol. The smallest absolute Gasteiger partial charge is 0.00411 e. The maximum atomic E-state index is 4.19. The fourth-order valence-electron chi connectivity index (χ4n) is 1.89. The van der Waals surface area contributed by atoms with Crippen molar-refractivity contribution in [2.75, 3.05) is 18.8 Å². The van der Waals surface area contributed by atoms with E-state index in [4.69, 9.17) is 0 Å². The maximum Gasteiger partial charge on any atom is -0.00411 e. The van der Waals surface area contributed by atoms with Gasteiger partial charge < -0.3 is 5.32 Å². The van der Waals surface area contributed by atoms with Gasteiger partial charge in [-0.15, -0.1) is 0 Å². The Hall–Kier alpha value is 0.310. The number of nitrogens with one attached hydrogen (secondary N) is 1. The first-order valence-corrected chi connectivity index (χ1v) is 7.86. The third-order valence-corrected chi connectivity index (χ3v) is 3.29. The van der Waals surface area contributed by atoms with Crippen LogP contribution in [0.25, 0.3) is 0 Å². The van der Waals surface area contributed by atoms with Crippen LogP contribution in [0.5, 0.6) is 0 Å². The molecule has 1 N–H and O–H groups in total. The molecule has 0 fully saturated rings. The largest absolute Gasteiger partial charge is 0.317 e. The molecule has 0 aliphatic carbocycles. The Morgan fingerprint density at radius 2 is 1.19 bits per heavy atom. The lowest BCUT2D eigenvalue weighted by Gasteiger charge is -2.03. The van der Waals surface area contributed by atoms with Crippen molar-refractivity contribution in [1.82, 2.24) is 5.32 Å². The van der Waals surface area contributed by atoms with Crippen LogP contribution in [0.1, 0.15) is 71.1 Å². The summed E-state index contributed by atoms with van der Waals surface area (Å²) in [6, 6.07) is 0. The zero-order valence-electron chi connectivity index (χ0n) is 11.1. The monoisotopic (exact) mass is 245 g/mol. The Kier molecular flexibility index (Phi) is 15.6. The minimum Gasteiger partial charge on any atom is -0.317 e. The van der Waals surface area contributed by atoms with Gasteiger partial charge in [0.2, 0.25) is 0 Å². The van der Waals surface area contributed by atoms with E-state index < -0.39 is 0 Å². The topological polar surface area (TPSA) is 12.0 Å². The first kappa shape index (κ1) is 16.3. The van der Waals surface area contributed by atoms with E-state index in [1.54, 1.807) is 0 Å². The highest BCUT2D eigenvalue weighted by Gasteiger charge is 1.92. The van der Waals surface area contributed by atoms with Crippen LogP contribution in [0, 0.1) is 0 Å². The molecule has 0 aromatic rings. The first-order chi connectivity index (χ1) is 7.91. The Morgan fingerprint density at radius 3 is 1.75 bits per heavy atom. The van der Waals surface area contributed by atoms with Gasteiger partial charge in [-0.05, 0) is 31.7 Å². The van der Waals surface area contributed by atoms with Gasteiger partial charge in [0, 0.05) is 0 Å². The number of hydrogen-bond donors (Lipinski definition) is 2. The van der Waals surface area contributed by atoms with E-state index >= 15 is 0 Å². The summed E-state index contributed by atoms with van der Waals surface area (Å²) in [4.78, 5) is 0. The van der Waals surface area contributed by atoms with Crippen LogP contribution in [0.3, 0.4) is 0 Å². The third kappa shape index (κ3) is 14.3. The lowest BCUT2D eigenvalue weighted by molar-refractivity contribution is 0.548. The second-order valence-corrected chi connectivity index (χ2v) is 5.10. The summed E-state index contributed by atoms with van der Waals surface area (Å²) < 4.78 is 0. The third-order valence-electron chi connectivity index (χ3n) is 2.97. The standard InChI is InChI=1S/C14H31NS/c1-2-3-4-5-6-7-8-9-10-12-15-13-11-14-16/h15-16H,2-14H2,1H3. The quantitative estimate of drug-likeness (QED) is 0.361. The molecule has 0 amide bonds. The molecule has 0 aromatic heterocycles. The Balaban J connectivity index is 2.83. The summed E-state index contributed by atoms with van der Waals surface area (Å²) in [5.41, 5.74) is 0. The van der Waals surface area contributed by atoms with E-state index in [9.17, 15) is 0 Å². The average Bonchev–Trinajstić information content (AvgIpc) is 2.31. The average molecular weight is 245 g/mol. The highest BCUT2D eigenvalue weighted by molar-refractivity contribution is 7.80. The molecule has 0 aromatic carbocycles. The molecule has 0 unspecified atom stereocenters. The Labute approximate surface area is 108 Å². The van der Waals surface area contributed by atoms with Crippen LogP contribution in [0.2, 0.25) is 0 Å². The Morgan fingerprint density at radius 1 is 0.688 bits per heavy atom. The van der Waals surface area contributed by atoms with Gasteiger partial charge >= 0.3 is 0 Å². The molecule has 0 rings (SSSR count). The van der Waals surface area contributed by atoms with Gasteiger partial charge in [-0.3, -0.25) is 0 Å². The van der Waals surface area contributed by atoms with Crippen LogP contribution >= 0.6 is 12.6 Å². The molecule has 98 valence electrons. The fourth-order valence-corrected chi connectivity index (χ4v) is 2.05. The van der Waals surface area contributed by atoms with E-state index in [1.165, 1.54) is 70.8 Å². The molecular formula is C14H31NS. The van der Waals surface area contributed by atoms with Gasteiger partial charge in [0.25, 0.3) is 0 Å². The highest BCUT2D eigenvalue weighted by Crippen LogP contribution is 2.09. The Bertz CT molecular complexity index is 103. The number of rotatable bonds is 13. The summed E-state index contributed by atoms with van der Waals surface area (Å²) in [6.45, 7) is 4.62. The van der Waals surface area contributed by atoms with Gasteiger partial charge in [-0.2, -0.15) is 12.6 Å². The van der Waals surface area contributed by atoms with E-state index in [0.717, 1.165) is 12.3 Å². The molecule has 1 nitrogen and oxygen atoms in total. The molecule has 0 saturated carbocycles. The lowest BCUT2D eigenvalue weighted by Crippen LogP contribution is -2.16. The van der Waals surface area contributed by atoms with Crippen LogP contribution < -0.4 is 5.32 Å². The molecule has 0 saturated heterocycles. The van der Waals surface area contributed by atoms with E-state index in [1.807, 2.05) is 0 Å². The second-order valence-electron chi connectivity index (χ2n) is 4.66. The molecule has 0 bridgehead atoms. The summed E-state index contributed by atoms with van der Waals surface area (Å²) in [5, 5.41) is 3.46. The molecule has 0 radical (unpaired) electrons. The van der Waals surface area contributed by atoms with Crippen molar-refractivity contribution in [3.8, 4) is 0 Å². The maximum absolute atomic E-state index is 4.19. The van der Waals surface area contributed by atoms with Gasteiger partial charge in [0.05, 0.1) is 0 Å². The van der Waals surface area contributed by atoms with Crippen molar-refractivity contribution in [3.63, 3.8) is 0 Å². The lowest BCUT2D eigenvalue weighted by atomic mass is 10.1. The first-order valence-electron chi connectivity index (χ1n) is 7.23. The van der Waals surface area contributed by atoms with Gasteiger partial charge in [-0.25, -0.2) is 0 Å². The molecule has 2 heteroatoms. The number of thiol groups is 1. The SMILES string of the molecule is CCCCCCCCCCCNCCCS. The van der Waals surface area contributed by atoms with Crippen LogP contribution in [-0.4, -0.2) is 18.8 Å².